The fourth-order valence-electron chi connectivity index (χ4n) is 3.31. The molecule has 8 nitrogen and oxygen atoms in total. The molecule has 0 bridgehead atoms. The Balaban J connectivity index is 1.54. The van der Waals surface area contributed by atoms with Gasteiger partial charge in [-0.2, -0.15) is 4.39 Å². The van der Waals surface area contributed by atoms with Crippen molar-refractivity contribution in [3.63, 3.8) is 0 Å². The van der Waals surface area contributed by atoms with Crippen molar-refractivity contribution in [1.29, 1.82) is 0 Å². The predicted molar refractivity (Wildman–Crippen MR) is 112 cm³/mol. The number of ketones is 1. The van der Waals surface area contributed by atoms with Gasteiger partial charge in [0.1, 0.15) is 12.4 Å². The fraction of sp³-hybridized carbons (Fsp3) is 0.400. The van der Waals surface area contributed by atoms with Gasteiger partial charge >= 0.3 is 0 Å². The number of sulfone groups is 1. The SMILES string of the molecule is O=C1CC[C@H](CON=C(C(=O)Nc2ncc(F)s2)c2ccc(S(=O)(=O)C3CC3)cc2)C1. The third kappa shape index (κ3) is 5.16. The highest BCUT2D eigenvalue weighted by molar-refractivity contribution is 7.92. The molecule has 2 fully saturated rings. The van der Waals surface area contributed by atoms with E-state index in [2.05, 4.69) is 15.5 Å². The molecule has 1 aromatic heterocycles. The van der Waals surface area contributed by atoms with E-state index >= 15 is 0 Å². The number of aromatic nitrogens is 1. The van der Waals surface area contributed by atoms with Crippen LogP contribution in [0.2, 0.25) is 0 Å². The number of hydrogen-bond acceptors (Lipinski definition) is 8. The highest BCUT2D eigenvalue weighted by atomic mass is 32.2. The van der Waals surface area contributed by atoms with Crippen LogP contribution in [0.1, 0.15) is 37.7 Å². The van der Waals surface area contributed by atoms with Gasteiger partial charge in [0.25, 0.3) is 5.91 Å². The molecule has 2 aliphatic rings. The molecule has 2 aliphatic carbocycles. The zero-order valence-corrected chi connectivity index (χ0v) is 18.0. The van der Waals surface area contributed by atoms with E-state index < -0.39 is 20.9 Å². The smallest absolute Gasteiger partial charge is 0.280 e. The quantitative estimate of drug-likeness (QED) is 0.474. The molecule has 2 aromatic rings. The lowest BCUT2D eigenvalue weighted by atomic mass is 10.1. The summed E-state index contributed by atoms with van der Waals surface area (Å²) in [6, 6.07) is 5.84. The molecular formula is C20H20FN3O5S2. The highest BCUT2D eigenvalue weighted by Crippen LogP contribution is 2.33. The Hall–Kier alpha value is -2.66. The standard InChI is InChI=1S/C20H20FN3O5S2/c21-17-10-22-20(30-17)23-19(26)18(24-29-11-12-1-4-14(25)9-12)13-2-5-15(6-3-13)31(27,28)16-7-8-16/h2-3,5-6,10,12,16H,1,4,7-9,11H2,(H,22,23,26)/t12-/m0/s1. The Bertz CT molecular complexity index is 1120. The molecule has 4 rings (SSSR count). The Labute approximate surface area is 182 Å². The van der Waals surface area contributed by atoms with Gasteiger partial charge in [-0.05, 0) is 31.4 Å². The lowest BCUT2D eigenvalue weighted by molar-refractivity contribution is -0.117. The number of halogens is 1. The summed E-state index contributed by atoms with van der Waals surface area (Å²) in [5.41, 5.74) is 0.238. The topological polar surface area (TPSA) is 115 Å². The average molecular weight is 466 g/mol. The van der Waals surface area contributed by atoms with Crippen LogP contribution in [0, 0.1) is 11.0 Å². The Morgan fingerprint density at radius 1 is 1.26 bits per heavy atom. The zero-order chi connectivity index (χ0) is 22.0. The molecule has 2 saturated carbocycles. The number of anilines is 1. The number of carbonyl (C=O) groups excluding carboxylic acids is 2. The lowest BCUT2D eigenvalue weighted by Crippen LogP contribution is -2.24. The monoisotopic (exact) mass is 465 g/mol. The van der Waals surface area contributed by atoms with E-state index in [1.54, 1.807) is 0 Å². The summed E-state index contributed by atoms with van der Waals surface area (Å²) in [5, 5.41) is 5.59. The van der Waals surface area contributed by atoms with Crippen LogP contribution in [0.25, 0.3) is 0 Å². The first-order valence-corrected chi connectivity index (χ1v) is 12.2. The number of benzene rings is 1. The third-order valence-corrected chi connectivity index (χ3v) is 8.13. The van der Waals surface area contributed by atoms with Crippen molar-refractivity contribution in [3.8, 4) is 0 Å². The molecule has 0 aliphatic heterocycles. The summed E-state index contributed by atoms with van der Waals surface area (Å²) >= 11 is 0.667. The first-order chi connectivity index (χ1) is 14.8. The van der Waals surface area contributed by atoms with Crippen molar-refractivity contribution in [2.24, 2.45) is 11.1 Å². The van der Waals surface area contributed by atoms with Crippen LogP contribution in [-0.4, -0.2) is 42.7 Å². The molecular weight excluding hydrogens is 445 g/mol. The summed E-state index contributed by atoms with van der Waals surface area (Å²) in [6.07, 6.45) is 3.94. The van der Waals surface area contributed by atoms with Crippen LogP contribution >= 0.6 is 11.3 Å². The second kappa shape index (κ2) is 8.83. The molecule has 1 aromatic carbocycles. The molecule has 1 atom stereocenters. The predicted octanol–water partition coefficient (Wildman–Crippen LogP) is 2.95. The Morgan fingerprint density at radius 3 is 2.58 bits per heavy atom. The summed E-state index contributed by atoms with van der Waals surface area (Å²) in [4.78, 5) is 33.5. The number of thiazole rings is 1. The number of oxime groups is 1. The second-order valence-corrected chi connectivity index (χ2v) is 10.8. The van der Waals surface area contributed by atoms with Gasteiger partial charge in [0.05, 0.1) is 16.3 Å². The third-order valence-electron chi connectivity index (χ3n) is 5.15. The minimum absolute atomic E-state index is 0.0414. The summed E-state index contributed by atoms with van der Waals surface area (Å²) in [6.45, 7) is 0.183. The van der Waals surface area contributed by atoms with Crippen molar-refractivity contribution >= 4 is 43.7 Å². The van der Waals surface area contributed by atoms with E-state index in [1.807, 2.05) is 0 Å². The largest absolute Gasteiger partial charge is 0.395 e. The number of amides is 1. The molecule has 0 radical (unpaired) electrons. The number of Topliss-reactive ketones (excluding diaryl/α,β-unsaturated/α-hetero) is 1. The van der Waals surface area contributed by atoms with E-state index in [9.17, 15) is 22.4 Å². The lowest BCUT2D eigenvalue weighted by Gasteiger charge is -2.10. The average Bonchev–Trinajstić information content (AvgIpc) is 3.42. The maximum Gasteiger partial charge on any atom is 0.280 e. The van der Waals surface area contributed by atoms with E-state index in [0.717, 1.165) is 6.20 Å². The van der Waals surface area contributed by atoms with Crippen molar-refractivity contribution in [3.05, 3.63) is 41.2 Å². The summed E-state index contributed by atoms with van der Waals surface area (Å²) in [7, 11) is -3.36. The first kappa shape index (κ1) is 21.6. The Morgan fingerprint density at radius 2 is 2.00 bits per heavy atom. The minimum atomic E-state index is -3.36. The number of hydrogen-bond donors (Lipinski definition) is 1. The van der Waals surface area contributed by atoms with Crippen LogP contribution < -0.4 is 5.32 Å². The van der Waals surface area contributed by atoms with Crippen LogP contribution in [-0.2, 0) is 24.3 Å². The van der Waals surface area contributed by atoms with Crippen LogP contribution in [0.5, 0.6) is 0 Å². The van der Waals surface area contributed by atoms with Crippen molar-refractivity contribution in [2.75, 3.05) is 11.9 Å². The van der Waals surface area contributed by atoms with Gasteiger partial charge in [0.2, 0.25) is 0 Å². The van der Waals surface area contributed by atoms with Crippen LogP contribution in [0.3, 0.4) is 0 Å². The van der Waals surface area contributed by atoms with E-state index in [1.165, 1.54) is 24.3 Å². The molecule has 1 N–H and O–H groups in total. The second-order valence-electron chi connectivity index (χ2n) is 7.58. The maximum absolute atomic E-state index is 13.2. The summed E-state index contributed by atoms with van der Waals surface area (Å²) < 4.78 is 38.0. The first-order valence-electron chi connectivity index (χ1n) is 9.81. The van der Waals surface area contributed by atoms with Crippen LogP contribution in [0.4, 0.5) is 9.52 Å². The number of nitrogens with zero attached hydrogens (tertiary/aromatic N) is 2. The molecule has 1 amide bonds. The van der Waals surface area contributed by atoms with Crippen LogP contribution in [0.15, 0.2) is 40.5 Å². The maximum atomic E-state index is 13.2. The normalized spacial score (nSPS) is 19.5. The van der Waals surface area contributed by atoms with Crippen molar-refractivity contribution in [2.45, 2.75) is 42.2 Å². The fourth-order valence-corrected chi connectivity index (χ4v) is 5.50. The van der Waals surface area contributed by atoms with E-state index in [0.29, 0.717) is 49.0 Å². The Kier molecular flexibility index (Phi) is 6.15. The minimum Gasteiger partial charge on any atom is -0.395 e. The molecule has 0 saturated heterocycles. The van der Waals surface area contributed by atoms with Gasteiger partial charge in [0, 0.05) is 24.3 Å². The molecule has 0 spiro atoms. The van der Waals surface area contributed by atoms with Gasteiger partial charge in [-0.15, -0.1) is 0 Å². The van der Waals surface area contributed by atoms with Crippen molar-refractivity contribution in [1.82, 2.24) is 4.98 Å². The van der Waals surface area contributed by atoms with Gasteiger partial charge in [-0.3, -0.25) is 14.9 Å². The van der Waals surface area contributed by atoms with E-state index in [4.69, 9.17) is 4.84 Å². The van der Waals surface area contributed by atoms with Gasteiger partial charge in [-0.1, -0.05) is 28.6 Å². The molecule has 11 heteroatoms. The molecule has 31 heavy (non-hydrogen) atoms. The summed E-state index contributed by atoms with van der Waals surface area (Å²) in [5.74, 6) is -0.455. The molecule has 1 heterocycles. The van der Waals surface area contributed by atoms with Gasteiger partial charge in [-0.25, -0.2) is 13.4 Å². The molecule has 164 valence electrons. The highest BCUT2D eigenvalue weighted by Gasteiger charge is 2.36. The number of rotatable bonds is 8. The zero-order valence-electron chi connectivity index (χ0n) is 16.4. The van der Waals surface area contributed by atoms with Gasteiger partial charge < -0.3 is 4.84 Å². The number of carbonyl (C=O) groups is 2. The molecule has 0 unspecified atom stereocenters. The number of nitrogens with one attached hydrogen (secondary N) is 1. The van der Waals surface area contributed by atoms with E-state index in [-0.39, 0.29) is 39.3 Å². The van der Waals surface area contributed by atoms with Gasteiger partial charge in [0.15, 0.2) is 25.8 Å². The van der Waals surface area contributed by atoms with Crippen molar-refractivity contribution < 1.29 is 27.2 Å².